The molecule has 35 heavy (non-hydrogen) atoms. The molecular weight excluding hydrogens is 452 g/mol. The fourth-order valence-electron chi connectivity index (χ4n) is 4.58. The van der Waals surface area contributed by atoms with Crippen LogP contribution in [0, 0.1) is 6.92 Å². The van der Waals surface area contributed by atoms with Crippen LogP contribution in [-0.4, -0.2) is 17.4 Å². The molecule has 0 aliphatic heterocycles. The normalized spacial score (nSPS) is 11.8. The van der Waals surface area contributed by atoms with Gasteiger partial charge in [0, 0.05) is 16.3 Å². The van der Waals surface area contributed by atoms with Gasteiger partial charge >= 0.3 is 0 Å². The van der Waals surface area contributed by atoms with Gasteiger partial charge < -0.3 is 0 Å². The monoisotopic (exact) mass is 474 g/mol. The smallest absolute Gasteiger partial charge is 0.229 e. The molecule has 2 heterocycles. The van der Waals surface area contributed by atoms with Crippen molar-refractivity contribution < 1.29 is 8.42 Å². The summed E-state index contributed by atoms with van der Waals surface area (Å²) in [5.41, 5.74) is 5.64. The molecule has 0 N–H and O–H groups in total. The van der Waals surface area contributed by atoms with Gasteiger partial charge in [0.1, 0.15) is 0 Å². The lowest BCUT2D eigenvalue weighted by molar-refractivity contribution is 0.590. The number of rotatable bonds is 4. The summed E-state index contributed by atoms with van der Waals surface area (Å²) in [6, 6.07) is 36.5. The third-order valence-electron chi connectivity index (χ3n) is 6.30. The maximum absolute atomic E-state index is 14.1. The first-order valence-corrected chi connectivity index (χ1v) is 12.9. The number of aromatic nitrogens is 2. The van der Waals surface area contributed by atoms with Crippen LogP contribution in [0.5, 0.6) is 0 Å². The highest BCUT2D eigenvalue weighted by Crippen LogP contribution is 2.39. The van der Waals surface area contributed by atoms with Crippen molar-refractivity contribution in [3.05, 3.63) is 121 Å². The Hall–Kier alpha value is -4.22. The third-order valence-corrected chi connectivity index (χ3v) is 8.02. The van der Waals surface area contributed by atoms with E-state index in [4.69, 9.17) is 4.98 Å². The van der Waals surface area contributed by atoms with Crippen LogP contribution < -0.4 is 0 Å². The lowest BCUT2D eigenvalue weighted by atomic mass is 9.99. The van der Waals surface area contributed by atoms with Crippen molar-refractivity contribution in [1.29, 1.82) is 0 Å². The summed E-state index contributed by atoms with van der Waals surface area (Å²) in [6.07, 6.45) is 0. The topological polar surface area (TPSA) is 52.0 Å². The summed E-state index contributed by atoms with van der Waals surface area (Å²) in [6.45, 7) is 1.94. The van der Waals surface area contributed by atoms with Crippen LogP contribution in [0.15, 0.2) is 120 Å². The summed E-state index contributed by atoms with van der Waals surface area (Å²) >= 11 is 0. The molecule has 0 atom stereocenters. The van der Waals surface area contributed by atoms with E-state index in [0.29, 0.717) is 11.2 Å². The van der Waals surface area contributed by atoms with Gasteiger partial charge in [0.15, 0.2) is 5.65 Å². The van der Waals surface area contributed by atoms with Gasteiger partial charge in [-0.1, -0.05) is 96.6 Å². The van der Waals surface area contributed by atoms with Crippen molar-refractivity contribution in [2.45, 2.75) is 11.8 Å². The number of pyridine rings is 1. The first kappa shape index (κ1) is 21.3. The molecule has 0 amide bonds. The van der Waals surface area contributed by atoms with Gasteiger partial charge in [-0.3, -0.25) is 0 Å². The Morgan fingerprint density at radius 1 is 0.686 bits per heavy atom. The Balaban J connectivity index is 1.78. The van der Waals surface area contributed by atoms with E-state index in [1.54, 1.807) is 12.1 Å². The van der Waals surface area contributed by atoms with Crippen LogP contribution in [0.1, 0.15) is 5.56 Å². The summed E-state index contributed by atoms with van der Waals surface area (Å²) in [5, 5.41) is 1.67. The average Bonchev–Trinajstić information content (AvgIpc) is 3.24. The molecule has 0 aliphatic carbocycles. The molecule has 6 aromatic rings. The van der Waals surface area contributed by atoms with Crippen molar-refractivity contribution in [2.24, 2.45) is 0 Å². The molecule has 170 valence electrons. The first-order chi connectivity index (χ1) is 17.0. The zero-order valence-corrected chi connectivity index (χ0v) is 19.9. The zero-order valence-electron chi connectivity index (χ0n) is 19.1. The van der Waals surface area contributed by atoms with E-state index >= 15 is 0 Å². The van der Waals surface area contributed by atoms with Crippen LogP contribution in [0.25, 0.3) is 44.3 Å². The maximum Gasteiger partial charge on any atom is 0.269 e. The largest absolute Gasteiger partial charge is 0.269 e. The van der Waals surface area contributed by atoms with Gasteiger partial charge in [0.05, 0.1) is 16.1 Å². The second-order valence-corrected chi connectivity index (χ2v) is 10.4. The predicted octanol–water partition coefficient (Wildman–Crippen LogP) is 7.07. The molecule has 4 aromatic carbocycles. The number of benzene rings is 4. The quantitative estimate of drug-likeness (QED) is 0.275. The highest BCUT2D eigenvalue weighted by molar-refractivity contribution is 7.90. The molecule has 0 spiro atoms. The lowest BCUT2D eigenvalue weighted by Gasteiger charge is -2.12. The fourth-order valence-corrected chi connectivity index (χ4v) is 6.05. The lowest BCUT2D eigenvalue weighted by Crippen LogP contribution is -2.13. The minimum atomic E-state index is -3.91. The van der Waals surface area contributed by atoms with E-state index in [9.17, 15) is 8.42 Å². The van der Waals surface area contributed by atoms with Crippen LogP contribution in [0.4, 0.5) is 0 Å². The highest BCUT2D eigenvalue weighted by atomic mass is 32.2. The average molecular weight is 475 g/mol. The molecule has 0 unspecified atom stereocenters. The highest BCUT2D eigenvalue weighted by Gasteiger charge is 2.26. The second-order valence-electron chi connectivity index (χ2n) is 8.59. The van der Waals surface area contributed by atoms with Gasteiger partial charge in [0.2, 0.25) is 0 Å². The van der Waals surface area contributed by atoms with E-state index in [1.165, 1.54) is 3.97 Å². The molecule has 0 fully saturated rings. The number of hydrogen-bond acceptors (Lipinski definition) is 3. The zero-order chi connectivity index (χ0) is 24.0. The maximum atomic E-state index is 14.1. The van der Waals surface area contributed by atoms with E-state index in [1.807, 2.05) is 104 Å². The standard InChI is InChI=1S/C30H22N2O2S/c1-21-16-18-24(19-17-21)35(33,34)32-28-15-9-8-14-25(28)29-26(22-10-4-2-5-11-22)20-27(31-30(29)32)23-12-6-3-7-13-23/h2-20H,1H3. The third kappa shape index (κ3) is 3.52. The summed E-state index contributed by atoms with van der Waals surface area (Å²) in [7, 11) is -3.91. The summed E-state index contributed by atoms with van der Waals surface area (Å²) in [4.78, 5) is 5.20. The van der Waals surface area contributed by atoms with Gasteiger partial charge in [-0.25, -0.2) is 17.4 Å². The van der Waals surface area contributed by atoms with E-state index in [0.717, 1.165) is 38.7 Å². The molecule has 4 nitrogen and oxygen atoms in total. The van der Waals surface area contributed by atoms with Crippen LogP contribution in [-0.2, 0) is 10.0 Å². The van der Waals surface area contributed by atoms with Crippen LogP contribution in [0.3, 0.4) is 0 Å². The van der Waals surface area contributed by atoms with Crippen molar-refractivity contribution in [1.82, 2.24) is 8.96 Å². The van der Waals surface area contributed by atoms with Gasteiger partial charge in [-0.05, 0) is 42.3 Å². The molecule has 0 radical (unpaired) electrons. The van der Waals surface area contributed by atoms with Crippen LogP contribution >= 0.6 is 0 Å². The van der Waals surface area contributed by atoms with Gasteiger partial charge in [-0.15, -0.1) is 0 Å². The summed E-state index contributed by atoms with van der Waals surface area (Å²) < 4.78 is 29.5. The van der Waals surface area contributed by atoms with Gasteiger partial charge in [-0.2, -0.15) is 0 Å². The minimum absolute atomic E-state index is 0.235. The Morgan fingerprint density at radius 2 is 1.29 bits per heavy atom. The molecule has 6 rings (SSSR count). The van der Waals surface area contributed by atoms with Crippen molar-refractivity contribution in [2.75, 3.05) is 0 Å². The van der Waals surface area contributed by atoms with Gasteiger partial charge in [0.25, 0.3) is 10.0 Å². The molecule has 5 heteroatoms. The van der Waals surface area contributed by atoms with Crippen molar-refractivity contribution >= 4 is 32.0 Å². The molecule has 0 saturated carbocycles. The Morgan fingerprint density at radius 3 is 1.97 bits per heavy atom. The van der Waals surface area contributed by atoms with E-state index < -0.39 is 10.0 Å². The Labute approximate surface area is 204 Å². The molecular formula is C30H22N2O2S. The van der Waals surface area contributed by atoms with Crippen molar-refractivity contribution in [3.8, 4) is 22.4 Å². The first-order valence-electron chi connectivity index (χ1n) is 11.4. The van der Waals surface area contributed by atoms with E-state index in [2.05, 4.69) is 6.07 Å². The SMILES string of the molecule is Cc1ccc(S(=O)(=O)n2c3ccccc3c3c(-c4ccccc4)cc(-c4ccccc4)nc32)cc1. The number of fused-ring (bicyclic) bond motifs is 3. The number of aryl methyl sites for hydroxylation is 1. The number of hydrogen-bond donors (Lipinski definition) is 0. The number of para-hydroxylation sites is 1. The number of nitrogens with zero attached hydrogens (tertiary/aromatic N) is 2. The summed E-state index contributed by atoms with van der Waals surface area (Å²) in [5.74, 6) is 0. The van der Waals surface area contributed by atoms with E-state index in [-0.39, 0.29) is 4.90 Å². The van der Waals surface area contributed by atoms with Crippen molar-refractivity contribution in [3.63, 3.8) is 0 Å². The molecule has 0 aliphatic rings. The Kier molecular flexibility index (Phi) is 5.01. The fraction of sp³-hybridized carbons (Fsp3) is 0.0333. The Bertz CT molecular complexity index is 1790. The predicted molar refractivity (Wildman–Crippen MR) is 142 cm³/mol. The minimum Gasteiger partial charge on any atom is -0.229 e. The second kappa shape index (κ2) is 8.22. The molecule has 2 aromatic heterocycles. The molecule has 0 bridgehead atoms. The van der Waals surface area contributed by atoms with Crippen LogP contribution in [0.2, 0.25) is 0 Å². The molecule has 0 saturated heterocycles.